The maximum Gasteiger partial charge on any atom is 0.296 e. The first-order valence-corrected chi connectivity index (χ1v) is 8.46. The summed E-state index contributed by atoms with van der Waals surface area (Å²) >= 11 is 7.19. The Morgan fingerprint density at radius 2 is 2.19 bits per heavy atom. The van der Waals surface area contributed by atoms with Gasteiger partial charge >= 0.3 is 0 Å². The molecule has 2 heterocycles. The van der Waals surface area contributed by atoms with Crippen molar-refractivity contribution in [1.82, 2.24) is 15.3 Å². The van der Waals surface area contributed by atoms with Crippen molar-refractivity contribution < 1.29 is 9.18 Å². The van der Waals surface area contributed by atoms with Crippen molar-refractivity contribution in [2.24, 2.45) is 0 Å². The van der Waals surface area contributed by atoms with E-state index in [0.717, 1.165) is 15.1 Å². The first-order chi connectivity index (χ1) is 12.6. The van der Waals surface area contributed by atoms with Crippen LogP contribution in [-0.4, -0.2) is 22.4 Å². The van der Waals surface area contributed by atoms with Crippen LogP contribution in [0.2, 0.25) is 5.02 Å². The van der Waals surface area contributed by atoms with Crippen LogP contribution in [0.15, 0.2) is 30.6 Å². The van der Waals surface area contributed by atoms with Gasteiger partial charge in [-0.05, 0) is 30.2 Å². The molecular weight excluding hydrogens is 375 g/mol. The first-order valence-electron chi connectivity index (χ1n) is 7.27. The van der Waals surface area contributed by atoms with E-state index in [1.165, 1.54) is 29.8 Å². The van der Waals surface area contributed by atoms with Gasteiger partial charge in [-0.1, -0.05) is 23.4 Å². The van der Waals surface area contributed by atoms with Crippen LogP contribution in [0.3, 0.4) is 0 Å². The summed E-state index contributed by atoms with van der Waals surface area (Å²) in [5.74, 6) is 7.27. The summed E-state index contributed by atoms with van der Waals surface area (Å²) in [6, 6.07) is 6.14. The predicted molar refractivity (Wildman–Crippen MR) is 101 cm³/mol. The van der Waals surface area contributed by atoms with Crippen LogP contribution in [0.25, 0.3) is 10.2 Å². The van der Waals surface area contributed by atoms with E-state index in [-0.39, 0.29) is 11.6 Å². The Labute approximate surface area is 157 Å². The Hall–Kier alpha value is -3.13. The minimum atomic E-state index is -0.508. The number of nitrogens with zero attached hydrogens (tertiary/aromatic N) is 2. The van der Waals surface area contributed by atoms with Gasteiger partial charge in [0.2, 0.25) is 0 Å². The molecule has 0 saturated heterocycles. The van der Waals surface area contributed by atoms with Crippen molar-refractivity contribution in [1.29, 1.82) is 0 Å². The number of terminal acetylenes is 1. The van der Waals surface area contributed by atoms with Crippen molar-refractivity contribution >= 4 is 50.6 Å². The number of carbonyl (C=O) groups excluding carboxylic acids is 1. The molecule has 8 heteroatoms. The van der Waals surface area contributed by atoms with Crippen LogP contribution in [-0.2, 0) is 4.79 Å². The molecule has 5 nitrogen and oxygen atoms in total. The van der Waals surface area contributed by atoms with Gasteiger partial charge in [-0.15, -0.1) is 17.8 Å². The van der Waals surface area contributed by atoms with Gasteiger partial charge in [-0.3, -0.25) is 4.79 Å². The molecule has 3 rings (SSSR count). The van der Waals surface area contributed by atoms with Crippen LogP contribution in [0, 0.1) is 30.0 Å². The van der Waals surface area contributed by atoms with Gasteiger partial charge in [0.1, 0.15) is 12.1 Å². The fraction of sp³-hybridized carbons (Fsp3) is 0.0556. The van der Waals surface area contributed by atoms with Crippen molar-refractivity contribution in [3.8, 4) is 24.2 Å². The molecule has 0 saturated carbocycles. The van der Waals surface area contributed by atoms with Gasteiger partial charge in [0.15, 0.2) is 5.82 Å². The van der Waals surface area contributed by atoms with Gasteiger partial charge in [-0.25, -0.2) is 14.4 Å². The maximum atomic E-state index is 13.3. The molecule has 2 N–H and O–H groups in total. The number of hydrogen-bond donors (Lipinski definition) is 2. The lowest BCUT2D eigenvalue weighted by Gasteiger charge is -2.06. The number of benzene rings is 1. The van der Waals surface area contributed by atoms with Gasteiger partial charge in [0.05, 0.1) is 26.7 Å². The summed E-state index contributed by atoms with van der Waals surface area (Å²) in [7, 11) is 0. The first kappa shape index (κ1) is 17.7. The lowest BCUT2D eigenvalue weighted by molar-refractivity contribution is -0.115. The molecule has 1 amide bonds. The predicted octanol–water partition coefficient (Wildman–Crippen LogP) is 3.33. The average molecular weight is 385 g/mol. The van der Waals surface area contributed by atoms with Gasteiger partial charge < -0.3 is 10.6 Å². The molecule has 0 unspecified atom stereocenters. The number of nitrogens with one attached hydrogen (secondary N) is 2. The third kappa shape index (κ3) is 4.09. The molecule has 2 aromatic heterocycles. The van der Waals surface area contributed by atoms with Gasteiger partial charge in [0.25, 0.3) is 5.91 Å². The minimum absolute atomic E-state index is 0.0204. The molecule has 3 aromatic rings. The Morgan fingerprint density at radius 3 is 2.96 bits per heavy atom. The lowest BCUT2D eigenvalue weighted by Crippen LogP contribution is -2.21. The Morgan fingerprint density at radius 1 is 1.35 bits per heavy atom. The SMILES string of the molecule is C#CC(=O)NCC#Cc1cc2ncnc(Nc3ccc(F)c(Cl)c3)c2s1. The Balaban J connectivity index is 1.83. The Kier molecular flexibility index (Phi) is 5.33. The van der Waals surface area contributed by atoms with E-state index in [9.17, 15) is 9.18 Å². The molecule has 0 aliphatic rings. The van der Waals surface area contributed by atoms with Crippen LogP contribution in [0.4, 0.5) is 15.9 Å². The zero-order valence-electron chi connectivity index (χ0n) is 13.1. The molecule has 0 aliphatic carbocycles. The fourth-order valence-electron chi connectivity index (χ4n) is 2.02. The highest BCUT2D eigenvalue weighted by Crippen LogP contribution is 2.31. The summed E-state index contributed by atoms with van der Waals surface area (Å²) in [5, 5.41) is 5.58. The van der Waals surface area contributed by atoms with Crippen molar-refractivity contribution in [2.45, 2.75) is 0 Å². The summed E-state index contributed by atoms with van der Waals surface area (Å²) in [4.78, 5) is 20.2. The molecule has 1 aromatic carbocycles. The third-order valence-electron chi connectivity index (χ3n) is 3.17. The van der Waals surface area contributed by atoms with E-state index >= 15 is 0 Å². The van der Waals surface area contributed by atoms with E-state index in [1.54, 1.807) is 6.07 Å². The summed E-state index contributed by atoms with van der Waals surface area (Å²) < 4.78 is 14.1. The maximum absolute atomic E-state index is 13.3. The number of aromatic nitrogens is 2. The summed E-state index contributed by atoms with van der Waals surface area (Å²) in [6.45, 7) is 0.155. The highest BCUT2D eigenvalue weighted by Gasteiger charge is 2.09. The summed E-state index contributed by atoms with van der Waals surface area (Å²) in [6.07, 6.45) is 6.38. The number of thiophene rings is 1. The number of amides is 1. The van der Waals surface area contributed by atoms with Crippen LogP contribution >= 0.6 is 22.9 Å². The topological polar surface area (TPSA) is 66.9 Å². The zero-order chi connectivity index (χ0) is 18.5. The third-order valence-corrected chi connectivity index (χ3v) is 4.51. The second-order valence-corrected chi connectivity index (χ2v) is 6.39. The van der Waals surface area contributed by atoms with E-state index in [4.69, 9.17) is 18.0 Å². The van der Waals surface area contributed by atoms with Gasteiger partial charge in [0, 0.05) is 5.69 Å². The minimum Gasteiger partial charge on any atom is -0.339 e. The molecule has 0 atom stereocenters. The molecule has 0 bridgehead atoms. The average Bonchev–Trinajstić information content (AvgIpc) is 3.05. The van der Waals surface area contributed by atoms with E-state index in [1.807, 2.05) is 12.0 Å². The summed E-state index contributed by atoms with van der Waals surface area (Å²) in [5.41, 5.74) is 1.33. The number of rotatable bonds is 3. The molecule has 0 fully saturated rings. The highest BCUT2D eigenvalue weighted by atomic mass is 35.5. The van der Waals surface area contributed by atoms with Gasteiger partial charge in [-0.2, -0.15) is 0 Å². The lowest BCUT2D eigenvalue weighted by atomic mass is 10.3. The van der Waals surface area contributed by atoms with Crippen molar-refractivity contribution in [3.63, 3.8) is 0 Å². The number of anilines is 2. The smallest absolute Gasteiger partial charge is 0.296 e. The second kappa shape index (κ2) is 7.83. The van der Waals surface area contributed by atoms with Crippen molar-refractivity contribution in [3.05, 3.63) is 46.3 Å². The Bertz CT molecular complexity index is 1090. The number of carbonyl (C=O) groups is 1. The molecular formula is C18H10ClFN4OS. The standard InChI is InChI=1S/C18H10ClFN4OS/c1-2-16(25)21-7-3-4-12-9-15-17(26-12)18(23-10-22-15)24-11-5-6-14(20)13(19)8-11/h1,5-6,8-10H,7H2,(H,21,25)(H,22,23,24). The molecule has 0 aliphatic heterocycles. The number of hydrogen-bond acceptors (Lipinski definition) is 5. The zero-order valence-corrected chi connectivity index (χ0v) is 14.7. The van der Waals surface area contributed by atoms with Crippen molar-refractivity contribution in [2.75, 3.05) is 11.9 Å². The van der Waals surface area contributed by atoms with E-state index in [0.29, 0.717) is 11.5 Å². The molecule has 0 spiro atoms. The number of fused-ring (bicyclic) bond motifs is 1. The largest absolute Gasteiger partial charge is 0.339 e. The van der Waals surface area contributed by atoms with Crippen LogP contribution in [0.5, 0.6) is 0 Å². The molecule has 0 radical (unpaired) electrons. The second-order valence-electron chi connectivity index (χ2n) is 4.93. The normalized spacial score (nSPS) is 9.88. The quantitative estimate of drug-likeness (QED) is 0.680. The molecule has 128 valence electrons. The molecule has 26 heavy (non-hydrogen) atoms. The van der Waals surface area contributed by atoms with Crippen LogP contribution < -0.4 is 10.6 Å². The number of halogens is 2. The van der Waals surface area contributed by atoms with Crippen LogP contribution in [0.1, 0.15) is 4.88 Å². The van der Waals surface area contributed by atoms with E-state index in [2.05, 4.69) is 32.4 Å². The highest BCUT2D eigenvalue weighted by molar-refractivity contribution is 7.20. The fourth-order valence-corrected chi connectivity index (χ4v) is 3.13. The van der Waals surface area contributed by atoms with E-state index < -0.39 is 11.7 Å². The monoisotopic (exact) mass is 384 g/mol.